The maximum atomic E-state index is 12.4. The lowest BCUT2D eigenvalue weighted by atomic mass is 10.1. The van der Waals surface area contributed by atoms with E-state index in [1.54, 1.807) is 0 Å². The third-order valence-electron chi connectivity index (χ3n) is 2.99. The van der Waals surface area contributed by atoms with Crippen molar-refractivity contribution in [2.45, 2.75) is 26.3 Å². The van der Waals surface area contributed by atoms with Crippen molar-refractivity contribution in [3.8, 4) is 0 Å². The topological polar surface area (TPSA) is 89.8 Å². The maximum absolute atomic E-state index is 12.4. The lowest BCUT2D eigenvalue weighted by Crippen LogP contribution is -2.38. The predicted octanol–water partition coefficient (Wildman–Crippen LogP) is 2.01. The predicted molar refractivity (Wildman–Crippen MR) is 75.9 cm³/mol. The van der Waals surface area contributed by atoms with Gasteiger partial charge in [-0.2, -0.15) is 0 Å². The first kappa shape index (κ1) is 16.6. The standard InChI is InChI=1S/C14H18N2O5/c1-10(2)15(9-8-13(17)21-3)14(18)11-4-6-12(7-5-11)16(19)20/h4-7,10H,8-9H2,1-3H3. The molecular weight excluding hydrogens is 276 g/mol. The first-order chi connectivity index (χ1) is 9.86. The molecule has 0 saturated carbocycles. The first-order valence-electron chi connectivity index (χ1n) is 6.49. The minimum Gasteiger partial charge on any atom is -0.469 e. The highest BCUT2D eigenvalue weighted by molar-refractivity contribution is 5.94. The van der Waals surface area contributed by atoms with Gasteiger partial charge in [0.2, 0.25) is 0 Å². The number of non-ortho nitro benzene ring substituents is 1. The van der Waals surface area contributed by atoms with E-state index in [0.29, 0.717) is 5.56 Å². The van der Waals surface area contributed by atoms with Gasteiger partial charge in [-0.05, 0) is 26.0 Å². The molecule has 0 atom stereocenters. The highest BCUT2D eigenvalue weighted by Gasteiger charge is 2.20. The number of esters is 1. The Morgan fingerprint density at radius 2 is 1.86 bits per heavy atom. The van der Waals surface area contributed by atoms with E-state index in [0.717, 1.165) is 0 Å². The number of amides is 1. The Labute approximate surface area is 122 Å². The number of rotatable bonds is 6. The number of benzene rings is 1. The Morgan fingerprint density at radius 3 is 2.29 bits per heavy atom. The summed E-state index contributed by atoms with van der Waals surface area (Å²) in [6, 6.07) is 5.29. The number of nitrogens with zero attached hydrogens (tertiary/aromatic N) is 2. The quantitative estimate of drug-likeness (QED) is 0.455. The van der Waals surface area contributed by atoms with E-state index < -0.39 is 10.9 Å². The number of carbonyl (C=O) groups is 2. The van der Waals surface area contributed by atoms with Gasteiger partial charge in [0.1, 0.15) is 0 Å². The number of carbonyl (C=O) groups excluding carboxylic acids is 2. The second-order valence-corrected chi connectivity index (χ2v) is 4.72. The summed E-state index contributed by atoms with van der Waals surface area (Å²) in [6.07, 6.45) is 0.105. The molecule has 0 saturated heterocycles. The number of methoxy groups -OCH3 is 1. The van der Waals surface area contributed by atoms with E-state index in [2.05, 4.69) is 4.74 Å². The van der Waals surface area contributed by atoms with Crippen LogP contribution in [0.4, 0.5) is 5.69 Å². The number of nitro benzene ring substituents is 1. The van der Waals surface area contributed by atoms with E-state index in [4.69, 9.17) is 0 Å². The van der Waals surface area contributed by atoms with Gasteiger partial charge in [0, 0.05) is 30.3 Å². The van der Waals surface area contributed by atoms with Crippen LogP contribution < -0.4 is 0 Å². The molecule has 114 valence electrons. The van der Waals surface area contributed by atoms with Gasteiger partial charge in [0.15, 0.2) is 0 Å². The summed E-state index contributed by atoms with van der Waals surface area (Å²) in [5, 5.41) is 10.6. The molecule has 1 aromatic rings. The normalized spacial score (nSPS) is 10.3. The minimum atomic E-state index is -0.522. The van der Waals surface area contributed by atoms with Crippen LogP contribution in [0, 0.1) is 10.1 Å². The smallest absolute Gasteiger partial charge is 0.307 e. The van der Waals surface area contributed by atoms with Crippen LogP contribution in [0.1, 0.15) is 30.6 Å². The monoisotopic (exact) mass is 294 g/mol. The molecule has 0 spiro atoms. The summed E-state index contributed by atoms with van der Waals surface area (Å²) in [5.41, 5.74) is 0.274. The lowest BCUT2D eigenvalue weighted by Gasteiger charge is -2.26. The average molecular weight is 294 g/mol. The molecule has 21 heavy (non-hydrogen) atoms. The van der Waals surface area contributed by atoms with Gasteiger partial charge in [-0.15, -0.1) is 0 Å². The van der Waals surface area contributed by atoms with Crippen molar-refractivity contribution < 1.29 is 19.2 Å². The largest absolute Gasteiger partial charge is 0.469 e. The van der Waals surface area contributed by atoms with Crippen molar-refractivity contribution in [1.82, 2.24) is 4.90 Å². The molecule has 0 bridgehead atoms. The van der Waals surface area contributed by atoms with Gasteiger partial charge in [-0.25, -0.2) is 0 Å². The van der Waals surface area contributed by atoms with Crippen LogP contribution in [0.25, 0.3) is 0 Å². The molecule has 7 nitrogen and oxygen atoms in total. The molecular formula is C14H18N2O5. The van der Waals surface area contributed by atoms with Crippen molar-refractivity contribution in [3.63, 3.8) is 0 Å². The van der Waals surface area contributed by atoms with E-state index in [1.165, 1.54) is 36.3 Å². The Balaban J connectivity index is 2.85. The van der Waals surface area contributed by atoms with E-state index in [9.17, 15) is 19.7 Å². The molecule has 0 aliphatic heterocycles. The molecule has 0 aliphatic rings. The zero-order chi connectivity index (χ0) is 16.0. The Morgan fingerprint density at radius 1 is 1.29 bits per heavy atom. The van der Waals surface area contributed by atoms with Gasteiger partial charge in [0.25, 0.3) is 11.6 Å². The molecule has 1 aromatic carbocycles. The number of ether oxygens (including phenoxy) is 1. The molecule has 7 heteroatoms. The summed E-state index contributed by atoms with van der Waals surface area (Å²) in [7, 11) is 1.29. The van der Waals surface area contributed by atoms with E-state index in [1.807, 2.05) is 13.8 Å². The highest BCUT2D eigenvalue weighted by Crippen LogP contribution is 2.15. The van der Waals surface area contributed by atoms with Crippen LogP contribution in [0.2, 0.25) is 0 Å². The van der Waals surface area contributed by atoms with Crippen LogP contribution in [-0.4, -0.2) is 41.4 Å². The van der Waals surface area contributed by atoms with Crippen molar-refractivity contribution in [1.29, 1.82) is 0 Å². The summed E-state index contributed by atoms with van der Waals surface area (Å²) >= 11 is 0. The maximum Gasteiger partial charge on any atom is 0.307 e. The minimum absolute atomic E-state index is 0.0720. The Bertz CT molecular complexity index is 525. The molecule has 0 aliphatic carbocycles. The highest BCUT2D eigenvalue weighted by atomic mass is 16.6. The third kappa shape index (κ3) is 4.55. The van der Waals surface area contributed by atoms with Crippen LogP contribution in [0.5, 0.6) is 0 Å². The van der Waals surface area contributed by atoms with Crippen LogP contribution in [-0.2, 0) is 9.53 Å². The second-order valence-electron chi connectivity index (χ2n) is 4.72. The Hall–Kier alpha value is -2.44. The van der Waals surface area contributed by atoms with E-state index in [-0.39, 0.29) is 30.6 Å². The summed E-state index contributed by atoms with van der Waals surface area (Å²) in [6.45, 7) is 3.90. The van der Waals surface area contributed by atoms with Gasteiger partial charge in [-0.1, -0.05) is 0 Å². The Kier molecular flexibility index (Phi) is 5.83. The van der Waals surface area contributed by atoms with Gasteiger partial charge in [-0.3, -0.25) is 19.7 Å². The third-order valence-corrected chi connectivity index (χ3v) is 2.99. The number of nitro groups is 1. The van der Waals surface area contributed by atoms with Crippen LogP contribution >= 0.6 is 0 Å². The lowest BCUT2D eigenvalue weighted by molar-refractivity contribution is -0.384. The molecule has 0 unspecified atom stereocenters. The average Bonchev–Trinajstić information content (AvgIpc) is 2.46. The molecule has 1 amide bonds. The van der Waals surface area contributed by atoms with Crippen molar-refractivity contribution in [2.75, 3.05) is 13.7 Å². The fraction of sp³-hybridized carbons (Fsp3) is 0.429. The first-order valence-corrected chi connectivity index (χ1v) is 6.49. The van der Waals surface area contributed by atoms with Gasteiger partial charge >= 0.3 is 5.97 Å². The molecule has 0 aromatic heterocycles. The molecule has 0 N–H and O–H groups in total. The molecule has 0 radical (unpaired) electrons. The number of hydrogen-bond acceptors (Lipinski definition) is 5. The molecule has 0 heterocycles. The van der Waals surface area contributed by atoms with Crippen molar-refractivity contribution >= 4 is 17.6 Å². The van der Waals surface area contributed by atoms with Crippen molar-refractivity contribution in [2.24, 2.45) is 0 Å². The second kappa shape index (κ2) is 7.37. The summed E-state index contributed by atoms with van der Waals surface area (Å²) in [4.78, 5) is 35.2. The summed E-state index contributed by atoms with van der Waals surface area (Å²) in [5.74, 6) is -0.666. The van der Waals surface area contributed by atoms with Crippen LogP contribution in [0.15, 0.2) is 24.3 Å². The molecule has 1 rings (SSSR count). The van der Waals surface area contributed by atoms with E-state index >= 15 is 0 Å². The summed E-state index contributed by atoms with van der Waals surface area (Å²) < 4.78 is 4.56. The zero-order valence-electron chi connectivity index (χ0n) is 12.2. The molecule has 0 fully saturated rings. The fourth-order valence-corrected chi connectivity index (χ4v) is 1.80. The van der Waals surface area contributed by atoms with Gasteiger partial charge in [0.05, 0.1) is 18.5 Å². The van der Waals surface area contributed by atoms with Crippen molar-refractivity contribution in [3.05, 3.63) is 39.9 Å². The fourth-order valence-electron chi connectivity index (χ4n) is 1.80. The SMILES string of the molecule is COC(=O)CCN(C(=O)c1ccc([N+](=O)[O-])cc1)C(C)C. The van der Waals surface area contributed by atoms with Crippen LogP contribution in [0.3, 0.4) is 0 Å². The number of hydrogen-bond donors (Lipinski definition) is 0. The van der Waals surface area contributed by atoms with Gasteiger partial charge < -0.3 is 9.64 Å². The zero-order valence-corrected chi connectivity index (χ0v) is 12.2.